The fourth-order valence-electron chi connectivity index (χ4n) is 5.18. The zero-order valence-electron chi connectivity index (χ0n) is 19.1. The van der Waals surface area contributed by atoms with E-state index >= 15 is 0 Å². The van der Waals surface area contributed by atoms with Crippen LogP contribution in [-0.4, -0.2) is 35.8 Å². The van der Waals surface area contributed by atoms with Crippen LogP contribution in [0.15, 0.2) is 24.3 Å². The number of rotatable bonds is 11. The quantitative estimate of drug-likeness (QED) is 0.516. The number of nitrogens with two attached hydrogens (primary N) is 1. The SMILES string of the molecule is NCCCCCNC(=O)CC1Cc2ccccc2CN1C(=O)CCCC1CCCCC1. The summed E-state index contributed by atoms with van der Waals surface area (Å²) >= 11 is 0. The van der Waals surface area contributed by atoms with Crippen molar-refractivity contribution in [3.8, 4) is 0 Å². The molecular formula is C26H41N3O2. The van der Waals surface area contributed by atoms with Crippen LogP contribution in [0.25, 0.3) is 0 Å². The van der Waals surface area contributed by atoms with E-state index in [2.05, 4.69) is 23.5 Å². The molecule has 2 amide bonds. The third-order valence-corrected chi connectivity index (χ3v) is 7.03. The monoisotopic (exact) mass is 427 g/mol. The summed E-state index contributed by atoms with van der Waals surface area (Å²) in [5.41, 5.74) is 8.03. The number of carbonyl (C=O) groups excluding carboxylic acids is 2. The van der Waals surface area contributed by atoms with Crippen LogP contribution in [0.2, 0.25) is 0 Å². The molecule has 1 heterocycles. The lowest BCUT2D eigenvalue weighted by Crippen LogP contribution is -2.46. The second kappa shape index (κ2) is 12.8. The molecule has 1 saturated carbocycles. The Kier molecular flexibility index (Phi) is 9.85. The molecule has 1 fully saturated rings. The minimum absolute atomic E-state index is 0.0406. The standard InChI is InChI=1S/C26H41N3O2/c27-16-7-2-8-17-28-25(30)19-24-18-22-13-5-6-14-23(22)20-29(24)26(31)15-9-12-21-10-3-1-4-11-21/h5-6,13-14,21,24H,1-4,7-12,15-20,27H2,(H,28,30). The second-order valence-electron chi connectivity index (χ2n) is 9.45. The summed E-state index contributed by atoms with van der Waals surface area (Å²) in [6, 6.07) is 8.30. The van der Waals surface area contributed by atoms with Gasteiger partial charge in [-0.3, -0.25) is 9.59 Å². The number of amides is 2. The van der Waals surface area contributed by atoms with Gasteiger partial charge in [0.25, 0.3) is 0 Å². The zero-order valence-corrected chi connectivity index (χ0v) is 19.1. The van der Waals surface area contributed by atoms with Crippen molar-refractivity contribution in [2.75, 3.05) is 13.1 Å². The van der Waals surface area contributed by atoms with E-state index in [1.54, 1.807) is 0 Å². The van der Waals surface area contributed by atoms with Crippen LogP contribution in [0, 0.1) is 5.92 Å². The van der Waals surface area contributed by atoms with Gasteiger partial charge in [-0.2, -0.15) is 0 Å². The molecule has 1 atom stereocenters. The Bertz CT molecular complexity index is 700. The first-order valence-electron chi connectivity index (χ1n) is 12.5. The molecule has 2 aliphatic rings. The Morgan fingerprint density at radius 1 is 1.00 bits per heavy atom. The maximum atomic E-state index is 13.2. The minimum Gasteiger partial charge on any atom is -0.356 e. The first kappa shape index (κ1) is 23.8. The molecule has 1 unspecified atom stereocenters. The molecule has 31 heavy (non-hydrogen) atoms. The van der Waals surface area contributed by atoms with Gasteiger partial charge in [0, 0.05) is 32.0 Å². The molecular weight excluding hydrogens is 386 g/mol. The Balaban J connectivity index is 1.53. The smallest absolute Gasteiger partial charge is 0.223 e. The molecule has 3 N–H and O–H groups in total. The van der Waals surface area contributed by atoms with Crippen LogP contribution in [0.3, 0.4) is 0 Å². The minimum atomic E-state index is -0.0406. The van der Waals surface area contributed by atoms with Gasteiger partial charge in [0.1, 0.15) is 0 Å². The second-order valence-corrected chi connectivity index (χ2v) is 9.45. The van der Waals surface area contributed by atoms with E-state index in [1.807, 2.05) is 11.0 Å². The summed E-state index contributed by atoms with van der Waals surface area (Å²) < 4.78 is 0. The Labute approximate surface area is 188 Å². The van der Waals surface area contributed by atoms with Crippen molar-refractivity contribution in [2.24, 2.45) is 11.7 Å². The predicted molar refractivity (Wildman–Crippen MR) is 125 cm³/mol. The lowest BCUT2D eigenvalue weighted by atomic mass is 9.85. The van der Waals surface area contributed by atoms with E-state index < -0.39 is 0 Å². The number of fused-ring (bicyclic) bond motifs is 1. The Morgan fingerprint density at radius 2 is 1.77 bits per heavy atom. The molecule has 0 bridgehead atoms. The Morgan fingerprint density at radius 3 is 2.55 bits per heavy atom. The zero-order chi connectivity index (χ0) is 21.9. The molecule has 172 valence electrons. The molecule has 1 aliphatic heterocycles. The molecule has 1 aromatic rings. The van der Waals surface area contributed by atoms with Crippen LogP contribution in [0.1, 0.15) is 88.2 Å². The van der Waals surface area contributed by atoms with Crippen LogP contribution in [0.4, 0.5) is 0 Å². The summed E-state index contributed by atoms with van der Waals surface area (Å²) in [7, 11) is 0. The van der Waals surface area contributed by atoms with E-state index in [9.17, 15) is 9.59 Å². The number of hydrogen-bond donors (Lipinski definition) is 2. The van der Waals surface area contributed by atoms with Gasteiger partial charge in [-0.15, -0.1) is 0 Å². The number of benzene rings is 1. The van der Waals surface area contributed by atoms with Gasteiger partial charge in [-0.25, -0.2) is 0 Å². The summed E-state index contributed by atoms with van der Waals surface area (Å²) in [5, 5.41) is 3.04. The van der Waals surface area contributed by atoms with E-state index in [0.29, 0.717) is 32.5 Å². The number of unbranched alkanes of at least 4 members (excludes halogenated alkanes) is 2. The number of nitrogens with one attached hydrogen (secondary N) is 1. The first-order chi connectivity index (χ1) is 15.2. The fraction of sp³-hybridized carbons (Fsp3) is 0.692. The molecule has 0 spiro atoms. The van der Waals surface area contributed by atoms with Crippen molar-refractivity contribution >= 4 is 11.8 Å². The normalized spacial score (nSPS) is 19.1. The van der Waals surface area contributed by atoms with Gasteiger partial charge in [-0.1, -0.05) is 62.8 Å². The summed E-state index contributed by atoms with van der Waals surface area (Å²) in [4.78, 5) is 27.7. The maximum absolute atomic E-state index is 13.2. The first-order valence-corrected chi connectivity index (χ1v) is 12.5. The average Bonchev–Trinajstić information content (AvgIpc) is 2.79. The molecule has 5 heteroatoms. The molecule has 1 aromatic carbocycles. The fourth-order valence-corrected chi connectivity index (χ4v) is 5.18. The third kappa shape index (κ3) is 7.64. The van der Waals surface area contributed by atoms with Crippen LogP contribution >= 0.6 is 0 Å². The molecule has 0 saturated heterocycles. The highest BCUT2D eigenvalue weighted by atomic mass is 16.2. The van der Waals surface area contributed by atoms with Crippen LogP contribution in [-0.2, 0) is 22.6 Å². The Hall–Kier alpha value is -1.88. The van der Waals surface area contributed by atoms with E-state index in [1.165, 1.54) is 49.7 Å². The summed E-state index contributed by atoms with van der Waals surface area (Å²) in [6.07, 6.45) is 13.7. The van der Waals surface area contributed by atoms with Gasteiger partial charge in [0.05, 0.1) is 0 Å². The topological polar surface area (TPSA) is 75.4 Å². The van der Waals surface area contributed by atoms with Gasteiger partial charge in [0.2, 0.25) is 11.8 Å². The van der Waals surface area contributed by atoms with Gasteiger partial charge in [-0.05, 0) is 55.7 Å². The number of hydrogen-bond acceptors (Lipinski definition) is 3. The van der Waals surface area contributed by atoms with Gasteiger partial charge in [0.15, 0.2) is 0 Å². The summed E-state index contributed by atoms with van der Waals surface area (Å²) in [6.45, 7) is 2.03. The van der Waals surface area contributed by atoms with Crippen molar-refractivity contribution in [2.45, 2.75) is 96.1 Å². The average molecular weight is 428 g/mol. The number of nitrogens with zero attached hydrogens (tertiary/aromatic N) is 1. The number of carbonyl (C=O) groups is 2. The van der Waals surface area contributed by atoms with Crippen molar-refractivity contribution in [3.63, 3.8) is 0 Å². The van der Waals surface area contributed by atoms with E-state index in [-0.39, 0.29) is 17.9 Å². The van der Waals surface area contributed by atoms with Crippen molar-refractivity contribution < 1.29 is 9.59 Å². The van der Waals surface area contributed by atoms with Crippen molar-refractivity contribution in [1.82, 2.24) is 10.2 Å². The van der Waals surface area contributed by atoms with E-state index in [0.717, 1.165) is 38.0 Å². The van der Waals surface area contributed by atoms with Crippen LogP contribution < -0.4 is 11.1 Å². The molecule has 1 aliphatic carbocycles. The molecule has 0 radical (unpaired) electrons. The van der Waals surface area contributed by atoms with Gasteiger partial charge >= 0.3 is 0 Å². The van der Waals surface area contributed by atoms with Crippen molar-refractivity contribution in [3.05, 3.63) is 35.4 Å². The van der Waals surface area contributed by atoms with Crippen LogP contribution in [0.5, 0.6) is 0 Å². The highest BCUT2D eigenvalue weighted by Gasteiger charge is 2.31. The lowest BCUT2D eigenvalue weighted by Gasteiger charge is -2.37. The largest absolute Gasteiger partial charge is 0.356 e. The highest BCUT2D eigenvalue weighted by Crippen LogP contribution is 2.29. The summed E-state index contributed by atoms with van der Waals surface area (Å²) in [5.74, 6) is 1.08. The highest BCUT2D eigenvalue weighted by molar-refractivity contribution is 5.80. The molecule has 5 nitrogen and oxygen atoms in total. The molecule has 0 aromatic heterocycles. The maximum Gasteiger partial charge on any atom is 0.223 e. The molecule has 3 rings (SSSR count). The van der Waals surface area contributed by atoms with Gasteiger partial charge < -0.3 is 16.0 Å². The predicted octanol–water partition coefficient (Wildman–Crippen LogP) is 4.33. The lowest BCUT2D eigenvalue weighted by molar-refractivity contribution is -0.136. The third-order valence-electron chi connectivity index (χ3n) is 7.03. The van der Waals surface area contributed by atoms with Crippen molar-refractivity contribution in [1.29, 1.82) is 0 Å². The van der Waals surface area contributed by atoms with E-state index in [4.69, 9.17) is 5.73 Å².